The van der Waals surface area contributed by atoms with E-state index in [-0.39, 0.29) is 5.88 Å². The summed E-state index contributed by atoms with van der Waals surface area (Å²) >= 11 is 0. The molecular weight excluding hydrogens is 412 g/mol. The van der Waals surface area contributed by atoms with Gasteiger partial charge in [0.15, 0.2) is 0 Å². The van der Waals surface area contributed by atoms with Crippen LogP contribution in [-0.4, -0.2) is 33.2 Å². The maximum absolute atomic E-state index is 11.6. The number of aromatic hydroxyl groups is 1. The molecule has 0 bridgehead atoms. The minimum absolute atomic E-state index is 0.104. The van der Waals surface area contributed by atoms with Crippen LogP contribution in [-0.2, 0) is 20.1 Å². The van der Waals surface area contributed by atoms with E-state index in [0.29, 0.717) is 16.8 Å². The summed E-state index contributed by atoms with van der Waals surface area (Å²) in [7, 11) is 3.88. The third kappa shape index (κ3) is 4.81. The van der Waals surface area contributed by atoms with Gasteiger partial charge in [-0.25, -0.2) is 0 Å². The maximum Gasteiger partial charge on any atom is 0.248 e. The van der Waals surface area contributed by atoms with Gasteiger partial charge in [0.25, 0.3) is 0 Å². The van der Waals surface area contributed by atoms with E-state index in [1.165, 1.54) is 11.1 Å². The molecule has 33 heavy (non-hydrogen) atoms. The molecule has 168 valence electrons. The second-order valence-corrected chi connectivity index (χ2v) is 8.38. The molecule has 0 spiro atoms. The number of amides is 1. The van der Waals surface area contributed by atoms with Crippen molar-refractivity contribution >= 4 is 28.2 Å². The zero-order chi connectivity index (χ0) is 23.5. The summed E-state index contributed by atoms with van der Waals surface area (Å²) in [5.74, 6) is -0.402. The minimum atomic E-state index is -0.506. The van der Waals surface area contributed by atoms with Crippen molar-refractivity contribution in [2.75, 3.05) is 7.05 Å². The highest BCUT2D eigenvalue weighted by atomic mass is 16.3. The summed E-state index contributed by atoms with van der Waals surface area (Å²) in [6.07, 6.45) is 0. The zero-order valence-corrected chi connectivity index (χ0v) is 19.1. The number of aliphatic imine (C=N–C) groups is 1. The molecule has 1 aromatic heterocycles. The molecule has 0 radical (unpaired) electrons. The highest BCUT2D eigenvalue weighted by Crippen LogP contribution is 2.32. The zero-order valence-electron chi connectivity index (χ0n) is 19.1. The van der Waals surface area contributed by atoms with Gasteiger partial charge in [0.05, 0.1) is 22.5 Å². The van der Waals surface area contributed by atoms with Gasteiger partial charge in [-0.05, 0) is 55.4 Å². The predicted molar refractivity (Wildman–Crippen MR) is 133 cm³/mol. The first-order valence-electron chi connectivity index (χ1n) is 10.8. The van der Waals surface area contributed by atoms with E-state index in [1.54, 1.807) is 29.8 Å². The number of aromatic nitrogens is 1. The molecule has 0 aliphatic carbocycles. The molecule has 0 aliphatic heterocycles. The average Bonchev–Trinajstić information content (AvgIpc) is 3.05. The molecule has 3 aromatic carbocycles. The molecule has 0 fully saturated rings. The van der Waals surface area contributed by atoms with Gasteiger partial charge in [-0.1, -0.05) is 42.5 Å². The smallest absolute Gasteiger partial charge is 0.248 e. The van der Waals surface area contributed by atoms with Crippen LogP contribution in [0.15, 0.2) is 77.8 Å². The Labute approximate surface area is 193 Å². The molecule has 0 atom stereocenters. The summed E-state index contributed by atoms with van der Waals surface area (Å²) in [4.78, 5) is 18.6. The van der Waals surface area contributed by atoms with Gasteiger partial charge >= 0.3 is 0 Å². The molecule has 4 rings (SSSR count). The van der Waals surface area contributed by atoms with E-state index in [4.69, 9.17) is 10.7 Å². The summed E-state index contributed by atoms with van der Waals surface area (Å²) in [6, 6.07) is 23.7. The molecule has 0 aliphatic rings. The van der Waals surface area contributed by atoms with Crippen LogP contribution in [0.3, 0.4) is 0 Å². The van der Waals surface area contributed by atoms with E-state index in [2.05, 4.69) is 48.3 Å². The number of rotatable bonds is 7. The number of benzene rings is 3. The van der Waals surface area contributed by atoms with Crippen LogP contribution >= 0.6 is 0 Å². The molecule has 0 saturated heterocycles. The summed E-state index contributed by atoms with van der Waals surface area (Å²) in [5.41, 5.74) is 11.2. The minimum Gasteiger partial charge on any atom is -0.494 e. The summed E-state index contributed by atoms with van der Waals surface area (Å²) < 4.78 is 1.68. The first kappa shape index (κ1) is 22.3. The van der Waals surface area contributed by atoms with Crippen LogP contribution in [0.4, 0.5) is 5.69 Å². The van der Waals surface area contributed by atoms with E-state index in [0.717, 1.165) is 29.7 Å². The van der Waals surface area contributed by atoms with Crippen molar-refractivity contribution in [2.45, 2.75) is 20.0 Å². The van der Waals surface area contributed by atoms with Gasteiger partial charge in [0.2, 0.25) is 11.8 Å². The van der Waals surface area contributed by atoms with Gasteiger partial charge in [-0.15, -0.1) is 0 Å². The fourth-order valence-corrected chi connectivity index (χ4v) is 4.13. The first-order valence-corrected chi connectivity index (χ1v) is 10.8. The van der Waals surface area contributed by atoms with Crippen LogP contribution < -0.4 is 5.73 Å². The van der Waals surface area contributed by atoms with Crippen molar-refractivity contribution < 1.29 is 9.90 Å². The van der Waals surface area contributed by atoms with E-state index in [1.807, 2.05) is 25.1 Å². The monoisotopic (exact) mass is 440 g/mol. The van der Waals surface area contributed by atoms with Gasteiger partial charge in [0, 0.05) is 31.1 Å². The Bertz CT molecular complexity index is 1320. The van der Waals surface area contributed by atoms with E-state index in [9.17, 15) is 9.90 Å². The number of primary amides is 1. The molecule has 6 heteroatoms. The molecule has 0 saturated carbocycles. The number of nitrogens with zero attached hydrogens (tertiary/aromatic N) is 3. The van der Waals surface area contributed by atoms with E-state index >= 15 is 0 Å². The van der Waals surface area contributed by atoms with Crippen molar-refractivity contribution in [3.63, 3.8) is 0 Å². The summed E-state index contributed by atoms with van der Waals surface area (Å²) in [6.45, 7) is 3.57. The maximum atomic E-state index is 11.6. The quantitative estimate of drug-likeness (QED) is 0.407. The van der Waals surface area contributed by atoms with Crippen LogP contribution in [0.5, 0.6) is 5.88 Å². The lowest BCUT2D eigenvalue weighted by molar-refractivity contribution is 0.100. The van der Waals surface area contributed by atoms with Gasteiger partial charge in [-0.3, -0.25) is 14.7 Å². The lowest BCUT2D eigenvalue weighted by Crippen LogP contribution is -2.17. The van der Waals surface area contributed by atoms with Crippen molar-refractivity contribution in [1.29, 1.82) is 0 Å². The Hall–Kier alpha value is -3.90. The van der Waals surface area contributed by atoms with Crippen molar-refractivity contribution in [1.82, 2.24) is 9.47 Å². The van der Waals surface area contributed by atoms with Gasteiger partial charge in [-0.2, -0.15) is 0 Å². The topological polar surface area (TPSA) is 83.8 Å². The van der Waals surface area contributed by atoms with Gasteiger partial charge in [0.1, 0.15) is 0 Å². The van der Waals surface area contributed by atoms with Gasteiger partial charge < -0.3 is 15.4 Å². The Morgan fingerprint density at radius 3 is 2.27 bits per heavy atom. The molecule has 6 nitrogen and oxygen atoms in total. The van der Waals surface area contributed by atoms with Crippen LogP contribution in [0, 0.1) is 0 Å². The molecule has 0 unspecified atom stereocenters. The number of nitrogens with two attached hydrogens (primary N) is 1. The Morgan fingerprint density at radius 1 is 1.00 bits per heavy atom. The largest absolute Gasteiger partial charge is 0.494 e. The lowest BCUT2D eigenvalue weighted by Gasteiger charge is -2.17. The molecule has 3 N–H and O–H groups in total. The first-order chi connectivity index (χ1) is 15.8. The SMILES string of the molecule is CC(=Nc1ccc(CN(C)Cc2ccccc2)cc1)c1c(O)n(C)c2ccc(C(N)=O)cc12. The third-order valence-electron chi connectivity index (χ3n) is 5.80. The van der Waals surface area contributed by atoms with Crippen molar-refractivity contribution in [3.05, 3.63) is 95.1 Å². The average molecular weight is 441 g/mol. The molecule has 4 aromatic rings. The number of hydrogen-bond acceptors (Lipinski definition) is 4. The lowest BCUT2D eigenvalue weighted by atomic mass is 10.1. The van der Waals surface area contributed by atoms with Crippen LogP contribution in [0.1, 0.15) is 34.0 Å². The van der Waals surface area contributed by atoms with Crippen molar-refractivity contribution in [3.8, 4) is 5.88 Å². The van der Waals surface area contributed by atoms with E-state index < -0.39 is 5.91 Å². The predicted octanol–water partition coefficient (Wildman–Crippen LogP) is 4.76. The second-order valence-electron chi connectivity index (χ2n) is 8.38. The molecule has 1 heterocycles. The van der Waals surface area contributed by atoms with Crippen LogP contribution in [0.25, 0.3) is 10.9 Å². The number of aryl methyl sites for hydroxylation is 1. The third-order valence-corrected chi connectivity index (χ3v) is 5.80. The highest BCUT2D eigenvalue weighted by Gasteiger charge is 2.18. The Balaban J connectivity index is 1.56. The number of carbonyl (C=O) groups is 1. The Kier molecular flexibility index (Phi) is 6.29. The highest BCUT2D eigenvalue weighted by molar-refractivity contribution is 6.14. The Morgan fingerprint density at radius 2 is 1.64 bits per heavy atom. The fraction of sp³-hybridized carbons (Fsp3) is 0.185. The van der Waals surface area contributed by atoms with Crippen molar-refractivity contribution in [2.24, 2.45) is 17.8 Å². The van der Waals surface area contributed by atoms with Crippen LogP contribution in [0.2, 0.25) is 0 Å². The second kappa shape index (κ2) is 9.30. The number of hydrogen-bond donors (Lipinski definition) is 2. The molecular formula is C27H28N4O2. The normalized spacial score (nSPS) is 11.9. The molecule has 1 amide bonds. The summed E-state index contributed by atoms with van der Waals surface area (Å²) in [5, 5.41) is 11.5. The standard InChI is InChI=1S/C27H28N4O2/c1-18(25-23-15-21(26(28)32)11-14-24(23)31(3)27(25)33)29-22-12-9-20(10-13-22)17-30(2)16-19-7-5-4-6-8-19/h4-15,33H,16-17H2,1-3H3,(H2,28,32). The number of fused-ring (bicyclic) bond motifs is 1. The number of carbonyl (C=O) groups excluding carboxylic acids is 1. The fourth-order valence-electron chi connectivity index (χ4n) is 4.13.